The van der Waals surface area contributed by atoms with Crippen molar-refractivity contribution in [1.29, 1.82) is 0 Å². The van der Waals surface area contributed by atoms with E-state index in [1.165, 1.54) is 11.3 Å². The van der Waals surface area contributed by atoms with Crippen LogP contribution in [0.4, 0.5) is 5.13 Å². The number of rotatable bonds is 5. The Labute approximate surface area is 172 Å². The highest BCUT2D eigenvalue weighted by molar-refractivity contribution is 7.98. The summed E-state index contributed by atoms with van der Waals surface area (Å²) < 4.78 is 6.59. The normalized spacial score (nSPS) is 11.1. The molecule has 0 saturated heterocycles. The fourth-order valence-corrected chi connectivity index (χ4v) is 4.71. The van der Waals surface area contributed by atoms with E-state index in [1.54, 1.807) is 22.9 Å². The number of hydrogen-bond donors (Lipinski definition) is 0. The van der Waals surface area contributed by atoms with Crippen LogP contribution in [0, 0.1) is 13.8 Å². The topological polar surface area (TPSA) is 46.3 Å². The quantitative estimate of drug-likeness (QED) is 0.376. The second-order valence-electron chi connectivity index (χ2n) is 6.59. The molecule has 0 N–H and O–H groups in total. The summed E-state index contributed by atoms with van der Waals surface area (Å²) in [6.07, 6.45) is 3.66. The van der Waals surface area contributed by atoms with Gasteiger partial charge in [0.1, 0.15) is 5.76 Å². The zero-order valence-electron chi connectivity index (χ0n) is 15.9. The van der Waals surface area contributed by atoms with Gasteiger partial charge in [0, 0.05) is 10.5 Å². The number of thiazole rings is 1. The Morgan fingerprint density at radius 2 is 2.04 bits per heavy atom. The molecule has 4 rings (SSSR count). The summed E-state index contributed by atoms with van der Waals surface area (Å²) in [6, 6.07) is 15.8. The van der Waals surface area contributed by atoms with E-state index >= 15 is 0 Å². The maximum absolute atomic E-state index is 13.5. The molecular formula is C22H20N2O2S2. The van der Waals surface area contributed by atoms with Crippen molar-refractivity contribution >= 4 is 44.4 Å². The smallest absolute Gasteiger partial charge is 0.260 e. The van der Waals surface area contributed by atoms with Gasteiger partial charge in [-0.15, -0.1) is 11.8 Å². The molecule has 28 heavy (non-hydrogen) atoms. The molecule has 2 heterocycles. The zero-order chi connectivity index (χ0) is 19.7. The molecule has 6 heteroatoms. The van der Waals surface area contributed by atoms with E-state index in [4.69, 9.17) is 9.40 Å². The second kappa shape index (κ2) is 7.81. The third kappa shape index (κ3) is 3.57. The van der Waals surface area contributed by atoms with Crippen LogP contribution in [0.1, 0.15) is 27.2 Å². The minimum atomic E-state index is -0.0673. The lowest BCUT2D eigenvalue weighted by atomic mass is 10.0. The van der Waals surface area contributed by atoms with Crippen molar-refractivity contribution in [2.24, 2.45) is 0 Å². The van der Waals surface area contributed by atoms with Crippen LogP contribution in [-0.4, -0.2) is 17.1 Å². The molecule has 0 unspecified atom stereocenters. The zero-order valence-corrected chi connectivity index (χ0v) is 17.6. The SMILES string of the molecule is CSc1cccc2sc(N(Cc3ccco3)C(=O)c3cc(C)ccc3C)nc12. The molecule has 0 aliphatic rings. The van der Waals surface area contributed by atoms with Gasteiger partial charge in [-0.05, 0) is 56.0 Å². The van der Waals surface area contributed by atoms with E-state index in [0.29, 0.717) is 17.2 Å². The molecule has 0 spiro atoms. The molecule has 0 atom stereocenters. The summed E-state index contributed by atoms with van der Waals surface area (Å²) in [4.78, 5) is 21.2. The number of amides is 1. The van der Waals surface area contributed by atoms with Crippen molar-refractivity contribution in [2.45, 2.75) is 25.3 Å². The fourth-order valence-electron chi connectivity index (χ4n) is 3.09. The van der Waals surface area contributed by atoms with Crippen LogP contribution in [-0.2, 0) is 6.54 Å². The van der Waals surface area contributed by atoms with Gasteiger partial charge in [0.15, 0.2) is 5.13 Å². The van der Waals surface area contributed by atoms with E-state index in [2.05, 4.69) is 6.07 Å². The van der Waals surface area contributed by atoms with Crippen LogP contribution in [0.2, 0.25) is 0 Å². The number of aryl methyl sites for hydroxylation is 2. The lowest BCUT2D eigenvalue weighted by Gasteiger charge is -2.20. The summed E-state index contributed by atoms with van der Waals surface area (Å²) >= 11 is 3.19. The average Bonchev–Trinajstić information content (AvgIpc) is 3.36. The molecule has 0 aliphatic heterocycles. The molecule has 0 saturated carbocycles. The molecule has 0 bridgehead atoms. The number of aromatic nitrogens is 1. The number of hydrogen-bond acceptors (Lipinski definition) is 5. The standard InChI is InChI=1S/C22H20N2O2S2/c1-14-9-10-15(2)17(12-14)21(25)24(13-16-6-5-11-26-16)22-23-20-18(27-3)7-4-8-19(20)28-22/h4-12H,13H2,1-3H3. The average molecular weight is 409 g/mol. The first-order valence-corrected chi connectivity index (χ1v) is 11.0. The number of nitrogens with zero attached hydrogens (tertiary/aromatic N) is 2. The summed E-state index contributed by atoms with van der Waals surface area (Å²) in [6.45, 7) is 4.30. The van der Waals surface area contributed by atoms with Gasteiger partial charge in [-0.2, -0.15) is 0 Å². The number of thioether (sulfide) groups is 1. The van der Waals surface area contributed by atoms with Crippen molar-refractivity contribution in [2.75, 3.05) is 11.2 Å². The van der Waals surface area contributed by atoms with Crippen LogP contribution in [0.5, 0.6) is 0 Å². The largest absolute Gasteiger partial charge is 0.467 e. The van der Waals surface area contributed by atoms with Crippen LogP contribution >= 0.6 is 23.1 Å². The first-order valence-electron chi connectivity index (χ1n) is 8.92. The predicted octanol–water partition coefficient (Wildman–Crippen LogP) is 6.08. The van der Waals surface area contributed by atoms with E-state index in [0.717, 1.165) is 32.0 Å². The second-order valence-corrected chi connectivity index (χ2v) is 8.45. The fraction of sp³-hybridized carbons (Fsp3) is 0.182. The number of anilines is 1. The van der Waals surface area contributed by atoms with Gasteiger partial charge >= 0.3 is 0 Å². The third-order valence-electron chi connectivity index (χ3n) is 4.58. The Balaban J connectivity index is 1.82. The number of carbonyl (C=O) groups excluding carboxylic acids is 1. The van der Waals surface area contributed by atoms with E-state index in [1.807, 2.05) is 62.6 Å². The van der Waals surface area contributed by atoms with Gasteiger partial charge in [-0.3, -0.25) is 9.69 Å². The van der Waals surface area contributed by atoms with Crippen molar-refractivity contribution in [3.8, 4) is 0 Å². The first-order chi connectivity index (χ1) is 13.6. The molecule has 0 radical (unpaired) electrons. The van der Waals surface area contributed by atoms with Crippen molar-refractivity contribution < 1.29 is 9.21 Å². The van der Waals surface area contributed by atoms with Crippen molar-refractivity contribution in [3.63, 3.8) is 0 Å². The highest BCUT2D eigenvalue weighted by atomic mass is 32.2. The molecule has 0 fully saturated rings. The van der Waals surface area contributed by atoms with Crippen molar-refractivity contribution in [3.05, 3.63) is 77.2 Å². The molecule has 2 aromatic carbocycles. The summed E-state index contributed by atoms with van der Waals surface area (Å²) in [5, 5.41) is 0.679. The van der Waals surface area contributed by atoms with Gasteiger partial charge in [0.25, 0.3) is 5.91 Å². The summed E-state index contributed by atoms with van der Waals surface area (Å²) in [5.41, 5.74) is 3.64. The van der Waals surface area contributed by atoms with Crippen LogP contribution in [0.3, 0.4) is 0 Å². The summed E-state index contributed by atoms with van der Waals surface area (Å²) in [5.74, 6) is 0.658. The Bertz CT molecular complexity index is 1130. The minimum absolute atomic E-state index is 0.0673. The Kier molecular flexibility index (Phi) is 5.24. The number of benzene rings is 2. The Morgan fingerprint density at radius 3 is 2.79 bits per heavy atom. The highest BCUT2D eigenvalue weighted by Gasteiger charge is 2.24. The summed E-state index contributed by atoms with van der Waals surface area (Å²) in [7, 11) is 0. The Hall–Kier alpha value is -2.57. The van der Waals surface area contributed by atoms with Crippen LogP contribution in [0.15, 0.2) is 64.1 Å². The van der Waals surface area contributed by atoms with Gasteiger partial charge < -0.3 is 4.42 Å². The third-order valence-corrected chi connectivity index (χ3v) is 6.40. The number of fused-ring (bicyclic) bond motifs is 1. The molecule has 4 nitrogen and oxygen atoms in total. The maximum atomic E-state index is 13.5. The van der Waals surface area contributed by atoms with E-state index < -0.39 is 0 Å². The molecule has 142 valence electrons. The maximum Gasteiger partial charge on any atom is 0.260 e. The first kappa shape index (κ1) is 18.8. The van der Waals surface area contributed by atoms with Crippen LogP contribution < -0.4 is 4.90 Å². The lowest BCUT2D eigenvalue weighted by molar-refractivity contribution is 0.0982. The number of furan rings is 1. The van der Waals surface area contributed by atoms with Crippen LogP contribution in [0.25, 0.3) is 10.2 Å². The predicted molar refractivity (Wildman–Crippen MR) is 117 cm³/mol. The molecule has 2 aromatic heterocycles. The lowest BCUT2D eigenvalue weighted by Crippen LogP contribution is -2.30. The van der Waals surface area contributed by atoms with Gasteiger partial charge in [0.2, 0.25) is 0 Å². The molecular weight excluding hydrogens is 388 g/mol. The van der Waals surface area contributed by atoms with Crippen molar-refractivity contribution in [1.82, 2.24) is 4.98 Å². The van der Waals surface area contributed by atoms with Gasteiger partial charge in [-0.1, -0.05) is 35.1 Å². The van der Waals surface area contributed by atoms with Gasteiger partial charge in [-0.25, -0.2) is 4.98 Å². The van der Waals surface area contributed by atoms with E-state index in [9.17, 15) is 4.79 Å². The number of para-hydroxylation sites is 1. The molecule has 0 aliphatic carbocycles. The molecule has 4 aromatic rings. The monoisotopic (exact) mass is 408 g/mol. The minimum Gasteiger partial charge on any atom is -0.467 e. The highest BCUT2D eigenvalue weighted by Crippen LogP contribution is 2.35. The van der Waals surface area contributed by atoms with Gasteiger partial charge in [0.05, 0.1) is 23.0 Å². The van der Waals surface area contributed by atoms with E-state index in [-0.39, 0.29) is 5.91 Å². The molecule has 1 amide bonds. The number of carbonyl (C=O) groups is 1. The Morgan fingerprint density at radius 1 is 1.18 bits per heavy atom.